The lowest BCUT2D eigenvalue weighted by Crippen LogP contribution is -2.44. The molecule has 1 aromatic rings. The first kappa shape index (κ1) is 13.4. The molecule has 18 heavy (non-hydrogen) atoms. The van der Waals surface area contributed by atoms with E-state index >= 15 is 0 Å². The lowest BCUT2D eigenvalue weighted by atomic mass is 9.95. The summed E-state index contributed by atoms with van der Waals surface area (Å²) in [6, 6.07) is 6.70. The van der Waals surface area contributed by atoms with E-state index in [9.17, 15) is 8.42 Å². The lowest BCUT2D eigenvalue weighted by molar-refractivity contribution is 0.220. The highest BCUT2D eigenvalue weighted by molar-refractivity contribution is 7.89. The van der Waals surface area contributed by atoms with Gasteiger partial charge >= 0.3 is 0 Å². The van der Waals surface area contributed by atoms with Gasteiger partial charge in [0.1, 0.15) is 4.90 Å². The number of benzene rings is 1. The topological polar surface area (TPSA) is 63.4 Å². The van der Waals surface area contributed by atoms with Gasteiger partial charge in [-0.2, -0.15) is 4.31 Å². The summed E-state index contributed by atoms with van der Waals surface area (Å²) in [6.45, 7) is 4.71. The van der Waals surface area contributed by atoms with Crippen molar-refractivity contribution >= 4 is 15.7 Å². The molecule has 1 saturated heterocycles. The summed E-state index contributed by atoms with van der Waals surface area (Å²) in [6.07, 6.45) is 1.82. The van der Waals surface area contributed by atoms with Crippen LogP contribution < -0.4 is 5.73 Å². The molecule has 2 atom stereocenters. The first-order valence-electron chi connectivity index (χ1n) is 6.29. The Kier molecular flexibility index (Phi) is 3.64. The minimum Gasteiger partial charge on any atom is -0.398 e. The van der Waals surface area contributed by atoms with Crippen LogP contribution in [0.3, 0.4) is 0 Å². The van der Waals surface area contributed by atoms with Crippen molar-refractivity contribution in [3.63, 3.8) is 0 Å². The van der Waals surface area contributed by atoms with E-state index in [0.29, 0.717) is 18.2 Å². The number of anilines is 1. The van der Waals surface area contributed by atoms with Gasteiger partial charge in [-0.25, -0.2) is 8.42 Å². The highest BCUT2D eigenvalue weighted by Crippen LogP contribution is 2.30. The second-order valence-corrected chi connectivity index (χ2v) is 6.99. The minimum atomic E-state index is -3.46. The smallest absolute Gasteiger partial charge is 0.245 e. The van der Waals surface area contributed by atoms with E-state index in [1.807, 2.05) is 6.92 Å². The molecule has 2 rings (SSSR count). The van der Waals surface area contributed by atoms with Gasteiger partial charge in [0.2, 0.25) is 10.0 Å². The van der Waals surface area contributed by atoms with Gasteiger partial charge in [0.15, 0.2) is 0 Å². The number of hydrogen-bond acceptors (Lipinski definition) is 3. The predicted molar refractivity (Wildman–Crippen MR) is 72.6 cm³/mol. The van der Waals surface area contributed by atoms with Crippen LogP contribution in [0.4, 0.5) is 5.69 Å². The molecular formula is C13H20N2O2S. The molecule has 0 bridgehead atoms. The van der Waals surface area contributed by atoms with E-state index in [2.05, 4.69) is 6.92 Å². The maximum absolute atomic E-state index is 12.6. The average Bonchev–Trinajstić information content (AvgIpc) is 2.28. The first-order chi connectivity index (χ1) is 8.43. The molecule has 0 aromatic heterocycles. The maximum Gasteiger partial charge on any atom is 0.245 e. The molecule has 1 aromatic carbocycles. The fourth-order valence-electron chi connectivity index (χ4n) is 2.58. The molecule has 1 aliphatic rings. The van der Waals surface area contributed by atoms with E-state index in [0.717, 1.165) is 12.8 Å². The number of hydrogen-bond donors (Lipinski definition) is 1. The Morgan fingerprint density at radius 1 is 1.28 bits per heavy atom. The van der Waals surface area contributed by atoms with Crippen LogP contribution in [0.5, 0.6) is 0 Å². The van der Waals surface area contributed by atoms with Gasteiger partial charge in [-0.15, -0.1) is 0 Å². The van der Waals surface area contributed by atoms with Crippen LogP contribution in [-0.4, -0.2) is 25.3 Å². The van der Waals surface area contributed by atoms with Crippen molar-refractivity contribution in [2.45, 2.75) is 37.6 Å². The highest BCUT2D eigenvalue weighted by atomic mass is 32.2. The van der Waals surface area contributed by atoms with Crippen molar-refractivity contribution in [3.8, 4) is 0 Å². The zero-order valence-corrected chi connectivity index (χ0v) is 11.7. The highest BCUT2D eigenvalue weighted by Gasteiger charge is 2.33. The van der Waals surface area contributed by atoms with E-state index in [-0.39, 0.29) is 10.9 Å². The molecule has 1 fully saturated rings. The summed E-state index contributed by atoms with van der Waals surface area (Å²) in [4.78, 5) is 0.228. The fraction of sp³-hybridized carbons (Fsp3) is 0.538. The number of nitrogens with two attached hydrogens (primary N) is 1. The summed E-state index contributed by atoms with van der Waals surface area (Å²) >= 11 is 0. The Balaban J connectivity index is 2.35. The Morgan fingerprint density at radius 2 is 1.94 bits per heavy atom. The minimum absolute atomic E-state index is 0.0401. The second-order valence-electron chi connectivity index (χ2n) is 5.13. The first-order valence-corrected chi connectivity index (χ1v) is 7.73. The molecule has 1 heterocycles. The van der Waals surface area contributed by atoms with Gasteiger partial charge in [-0.3, -0.25) is 0 Å². The van der Waals surface area contributed by atoms with E-state index in [4.69, 9.17) is 5.73 Å². The van der Waals surface area contributed by atoms with Crippen molar-refractivity contribution in [1.29, 1.82) is 0 Å². The van der Waals surface area contributed by atoms with Crippen molar-refractivity contribution in [3.05, 3.63) is 24.3 Å². The van der Waals surface area contributed by atoms with E-state index in [1.54, 1.807) is 28.6 Å². The summed E-state index contributed by atoms with van der Waals surface area (Å²) in [7, 11) is -3.46. The quantitative estimate of drug-likeness (QED) is 0.835. The molecule has 2 unspecified atom stereocenters. The van der Waals surface area contributed by atoms with Crippen molar-refractivity contribution in [2.24, 2.45) is 5.92 Å². The maximum atomic E-state index is 12.6. The number of nitrogen functional groups attached to an aromatic ring is 1. The molecule has 0 saturated carbocycles. The Bertz CT molecular complexity index is 528. The standard InChI is InChI=1S/C13H20N2O2S/c1-10-7-8-15(11(2)9-10)18(16,17)13-6-4-3-5-12(13)14/h3-6,10-11H,7-9,14H2,1-2H3. The Labute approximate surface area is 109 Å². The van der Waals surface area contributed by atoms with Crippen LogP contribution >= 0.6 is 0 Å². The Hall–Kier alpha value is -1.07. The van der Waals surface area contributed by atoms with E-state index in [1.165, 1.54) is 0 Å². The van der Waals surface area contributed by atoms with Crippen molar-refractivity contribution in [1.82, 2.24) is 4.31 Å². The molecule has 0 aliphatic carbocycles. The average molecular weight is 268 g/mol. The third kappa shape index (κ3) is 2.37. The lowest BCUT2D eigenvalue weighted by Gasteiger charge is -2.35. The van der Waals surface area contributed by atoms with Gasteiger partial charge in [0.25, 0.3) is 0 Å². The molecule has 100 valence electrons. The molecule has 4 nitrogen and oxygen atoms in total. The number of piperidine rings is 1. The van der Waals surface area contributed by atoms with Gasteiger partial charge in [0.05, 0.1) is 5.69 Å². The third-order valence-corrected chi connectivity index (χ3v) is 5.67. The van der Waals surface area contributed by atoms with Gasteiger partial charge in [-0.05, 0) is 37.8 Å². The number of para-hydroxylation sites is 1. The van der Waals surface area contributed by atoms with E-state index < -0.39 is 10.0 Å². The summed E-state index contributed by atoms with van der Waals surface area (Å²) in [5, 5.41) is 0. The predicted octanol–water partition coefficient (Wildman–Crippen LogP) is 2.08. The number of rotatable bonds is 2. The monoisotopic (exact) mass is 268 g/mol. The molecule has 0 spiro atoms. The van der Waals surface area contributed by atoms with Crippen LogP contribution in [0.15, 0.2) is 29.2 Å². The fourth-order valence-corrected chi connectivity index (χ4v) is 4.36. The summed E-state index contributed by atoms with van der Waals surface area (Å²) in [5.41, 5.74) is 6.10. The van der Waals surface area contributed by atoms with Gasteiger partial charge in [-0.1, -0.05) is 19.1 Å². The van der Waals surface area contributed by atoms with Crippen LogP contribution in [0.25, 0.3) is 0 Å². The largest absolute Gasteiger partial charge is 0.398 e. The van der Waals surface area contributed by atoms with Crippen molar-refractivity contribution < 1.29 is 8.42 Å². The zero-order chi connectivity index (χ0) is 13.3. The third-order valence-electron chi connectivity index (χ3n) is 3.58. The summed E-state index contributed by atoms with van der Waals surface area (Å²) in [5.74, 6) is 0.583. The molecule has 1 aliphatic heterocycles. The summed E-state index contributed by atoms with van der Waals surface area (Å²) < 4.78 is 26.7. The normalized spacial score (nSPS) is 26.1. The van der Waals surface area contributed by atoms with Gasteiger partial charge in [0, 0.05) is 12.6 Å². The molecular weight excluding hydrogens is 248 g/mol. The van der Waals surface area contributed by atoms with Crippen LogP contribution in [0.2, 0.25) is 0 Å². The van der Waals surface area contributed by atoms with Crippen LogP contribution in [-0.2, 0) is 10.0 Å². The molecule has 0 radical (unpaired) electrons. The SMILES string of the molecule is CC1CCN(S(=O)(=O)c2ccccc2N)C(C)C1. The zero-order valence-electron chi connectivity index (χ0n) is 10.8. The molecule has 0 amide bonds. The molecule has 5 heteroatoms. The number of nitrogens with zero attached hydrogens (tertiary/aromatic N) is 1. The molecule has 2 N–H and O–H groups in total. The van der Waals surface area contributed by atoms with Crippen LogP contribution in [0.1, 0.15) is 26.7 Å². The second kappa shape index (κ2) is 4.90. The van der Waals surface area contributed by atoms with Crippen molar-refractivity contribution in [2.75, 3.05) is 12.3 Å². The van der Waals surface area contributed by atoms with Crippen LogP contribution in [0, 0.1) is 5.92 Å². The van der Waals surface area contributed by atoms with Gasteiger partial charge < -0.3 is 5.73 Å². The number of sulfonamides is 1. The Morgan fingerprint density at radius 3 is 2.56 bits per heavy atom.